The molecule has 0 unspecified atom stereocenters. The van der Waals surface area contributed by atoms with Crippen LogP contribution in [0.4, 0.5) is 5.13 Å². The van der Waals surface area contributed by atoms with Gasteiger partial charge in [-0.15, -0.1) is 22.7 Å². The van der Waals surface area contributed by atoms with Gasteiger partial charge in [0.15, 0.2) is 5.13 Å². The fourth-order valence-electron chi connectivity index (χ4n) is 2.61. The first-order valence-corrected chi connectivity index (χ1v) is 9.21. The molecule has 4 rings (SSSR count). The molecule has 116 valence electrons. The highest BCUT2D eigenvalue weighted by Crippen LogP contribution is 2.31. The van der Waals surface area contributed by atoms with E-state index in [0.717, 1.165) is 29.1 Å². The Morgan fingerprint density at radius 1 is 1.17 bits per heavy atom. The summed E-state index contributed by atoms with van der Waals surface area (Å²) in [5.74, 6) is -0.188. The summed E-state index contributed by atoms with van der Waals surface area (Å²) in [5, 5.41) is 6.21. The highest BCUT2D eigenvalue weighted by Gasteiger charge is 2.19. The van der Waals surface area contributed by atoms with Gasteiger partial charge in [-0.05, 0) is 26.2 Å². The largest absolute Gasteiger partial charge is 0.296 e. The van der Waals surface area contributed by atoms with Crippen molar-refractivity contribution in [3.8, 4) is 10.6 Å². The third-order valence-corrected chi connectivity index (χ3v) is 5.82. The first-order valence-electron chi connectivity index (χ1n) is 7.51. The van der Waals surface area contributed by atoms with Crippen molar-refractivity contribution < 1.29 is 4.79 Å². The maximum Gasteiger partial charge on any atom is 0.276 e. The number of aromatic nitrogens is 2. The van der Waals surface area contributed by atoms with E-state index in [1.165, 1.54) is 28.2 Å². The summed E-state index contributed by atoms with van der Waals surface area (Å²) in [6.07, 6.45) is 3.28. The predicted molar refractivity (Wildman–Crippen MR) is 94.4 cm³/mol. The summed E-state index contributed by atoms with van der Waals surface area (Å²) in [7, 11) is 0. The van der Waals surface area contributed by atoms with E-state index in [0.29, 0.717) is 10.8 Å². The number of aryl methyl sites for hydroxylation is 3. The van der Waals surface area contributed by atoms with Gasteiger partial charge in [-0.1, -0.05) is 29.8 Å². The summed E-state index contributed by atoms with van der Waals surface area (Å²) in [4.78, 5) is 22.6. The summed E-state index contributed by atoms with van der Waals surface area (Å²) in [6.45, 7) is 2.05. The van der Waals surface area contributed by atoms with Gasteiger partial charge in [-0.2, -0.15) is 0 Å². The Morgan fingerprint density at radius 3 is 2.78 bits per heavy atom. The van der Waals surface area contributed by atoms with E-state index in [-0.39, 0.29) is 5.91 Å². The van der Waals surface area contributed by atoms with Gasteiger partial charge in [-0.3, -0.25) is 10.1 Å². The van der Waals surface area contributed by atoms with Gasteiger partial charge >= 0.3 is 0 Å². The highest BCUT2D eigenvalue weighted by molar-refractivity contribution is 7.16. The average Bonchev–Trinajstić information content (AvgIpc) is 3.22. The molecular weight excluding hydrogens is 326 g/mol. The molecule has 0 bridgehead atoms. The fourth-order valence-corrected chi connectivity index (χ4v) is 4.46. The van der Waals surface area contributed by atoms with Gasteiger partial charge in [0.2, 0.25) is 0 Å². The maximum atomic E-state index is 12.3. The molecule has 1 N–H and O–H groups in total. The minimum absolute atomic E-state index is 0.188. The molecule has 4 nitrogen and oxygen atoms in total. The van der Waals surface area contributed by atoms with Crippen LogP contribution < -0.4 is 5.32 Å². The van der Waals surface area contributed by atoms with Crippen LogP contribution in [0.3, 0.4) is 0 Å². The molecule has 1 aromatic carbocycles. The maximum absolute atomic E-state index is 12.3. The van der Waals surface area contributed by atoms with E-state index in [1.807, 2.05) is 24.3 Å². The number of hydrogen-bond acceptors (Lipinski definition) is 5. The topological polar surface area (TPSA) is 54.9 Å². The van der Waals surface area contributed by atoms with Crippen LogP contribution in [0.15, 0.2) is 29.6 Å². The molecule has 0 fully saturated rings. The number of amides is 1. The molecule has 1 aliphatic rings. The minimum Gasteiger partial charge on any atom is -0.296 e. The smallest absolute Gasteiger partial charge is 0.276 e. The lowest BCUT2D eigenvalue weighted by molar-refractivity contribution is 0.102. The Kier molecular flexibility index (Phi) is 3.71. The van der Waals surface area contributed by atoms with Crippen molar-refractivity contribution in [2.75, 3.05) is 5.32 Å². The van der Waals surface area contributed by atoms with Crippen molar-refractivity contribution in [3.05, 3.63) is 51.5 Å². The van der Waals surface area contributed by atoms with Crippen LogP contribution in [0.25, 0.3) is 10.6 Å². The van der Waals surface area contributed by atoms with Crippen LogP contribution in [0, 0.1) is 6.92 Å². The number of thiazole rings is 2. The monoisotopic (exact) mass is 341 g/mol. The van der Waals surface area contributed by atoms with E-state index in [4.69, 9.17) is 0 Å². The summed E-state index contributed by atoms with van der Waals surface area (Å²) in [6, 6.07) is 8.16. The Bertz CT molecular complexity index is 843. The number of fused-ring (bicyclic) bond motifs is 1. The van der Waals surface area contributed by atoms with E-state index in [2.05, 4.69) is 22.2 Å². The second-order valence-electron chi connectivity index (χ2n) is 5.60. The molecule has 0 saturated carbocycles. The zero-order valence-electron chi connectivity index (χ0n) is 12.6. The summed E-state index contributed by atoms with van der Waals surface area (Å²) >= 11 is 3.06. The molecule has 0 aliphatic heterocycles. The van der Waals surface area contributed by atoms with E-state index >= 15 is 0 Å². The minimum atomic E-state index is -0.188. The number of anilines is 1. The van der Waals surface area contributed by atoms with Gasteiger partial charge in [0.05, 0.1) is 5.69 Å². The molecule has 2 heterocycles. The summed E-state index contributed by atoms with van der Waals surface area (Å²) in [5.41, 5.74) is 3.83. The van der Waals surface area contributed by atoms with Crippen LogP contribution in [0.2, 0.25) is 0 Å². The average molecular weight is 341 g/mol. The van der Waals surface area contributed by atoms with Crippen molar-refractivity contribution in [2.45, 2.75) is 26.2 Å². The number of carbonyl (C=O) groups excluding carboxylic acids is 1. The predicted octanol–water partition coefficient (Wildman–Crippen LogP) is 4.32. The van der Waals surface area contributed by atoms with Crippen molar-refractivity contribution in [3.63, 3.8) is 0 Å². The molecule has 2 aromatic heterocycles. The van der Waals surface area contributed by atoms with Gasteiger partial charge in [0.25, 0.3) is 5.91 Å². The van der Waals surface area contributed by atoms with Crippen LogP contribution in [0.5, 0.6) is 0 Å². The zero-order chi connectivity index (χ0) is 15.8. The van der Waals surface area contributed by atoms with Crippen molar-refractivity contribution >= 4 is 33.7 Å². The first kappa shape index (κ1) is 14.5. The number of nitrogens with one attached hydrogen (secondary N) is 1. The molecule has 23 heavy (non-hydrogen) atoms. The second-order valence-corrected chi connectivity index (χ2v) is 7.54. The van der Waals surface area contributed by atoms with E-state index in [1.54, 1.807) is 16.7 Å². The quantitative estimate of drug-likeness (QED) is 0.772. The molecule has 1 amide bonds. The highest BCUT2D eigenvalue weighted by atomic mass is 32.1. The van der Waals surface area contributed by atoms with Gasteiger partial charge in [0, 0.05) is 15.8 Å². The molecule has 0 radical (unpaired) electrons. The third kappa shape index (κ3) is 2.92. The molecule has 6 heteroatoms. The lowest BCUT2D eigenvalue weighted by Gasteiger charge is -1.99. The lowest BCUT2D eigenvalue weighted by atomic mass is 10.2. The van der Waals surface area contributed by atoms with Crippen LogP contribution in [-0.2, 0) is 12.8 Å². The normalized spacial score (nSPS) is 13.1. The Hall–Kier alpha value is -2.05. The molecule has 0 saturated heterocycles. The third-order valence-electron chi connectivity index (χ3n) is 3.85. The molecular formula is C17H15N3OS2. The fraction of sp³-hybridized carbons (Fsp3) is 0.235. The van der Waals surface area contributed by atoms with E-state index in [9.17, 15) is 4.79 Å². The SMILES string of the molecule is Cc1ccc(-c2nc(C(=O)Nc3nc4c(s3)CCC4)cs2)cc1. The molecule has 0 spiro atoms. The first-order chi connectivity index (χ1) is 11.2. The van der Waals surface area contributed by atoms with Gasteiger partial charge in [-0.25, -0.2) is 9.97 Å². The van der Waals surface area contributed by atoms with Crippen LogP contribution in [0.1, 0.15) is 33.0 Å². The van der Waals surface area contributed by atoms with E-state index < -0.39 is 0 Å². The molecule has 1 aliphatic carbocycles. The summed E-state index contributed by atoms with van der Waals surface area (Å²) < 4.78 is 0. The number of nitrogens with zero attached hydrogens (tertiary/aromatic N) is 2. The number of benzene rings is 1. The Labute approximate surface area is 142 Å². The number of rotatable bonds is 3. The van der Waals surface area contributed by atoms with Crippen LogP contribution in [-0.4, -0.2) is 15.9 Å². The lowest BCUT2D eigenvalue weighted by Crippen LogP contribution is -2.12. The molecule has 0 atom stereocenters. The van der Waals surface area contributed by atoms with Gasteiger partial charge in [0.1, 0.15) is 10.7 Å². The Balaban J connectivity index is 1.51. The van der Waals surface area contributed by atoms with Crippen molar-refractivity contribution in [2.24, 2.45) is 0 Å². The zero-order valence-corrected chi connectivity index (χ0v) is 14.3. The number of carbonyl (C=O) groups is 1. The van der Waals surface area contributed by atoms with Crippen LogP contribution >= 0.6 is 22.7 Å². The van der Waals surface area contributed by atoms with Gasteiger partial charge < -0.3 is 0 Å². The second kappa shape index (κ2) is 5.86. The van der Waals surface area contributed by atoms with Crippen molar-refractivity contribution in [1.82, 2.24) is 9.97 Å². The number of hydrogen-bond donors (Lipinski definition) is 1. The molecule has 3 aromatic rings. The van der Waals surface area contributed by atoms with Crippen molar-refractivity contribution in [1.29, 1.82) is 0 Å². The Morgan fingerprint density at radius 2 is 2.00 bits per heavy atom. The standard InChI is InChI=1S/C17H15N3OS2/c1-10-5-7-11(8-6-10)16-18-13(9-22-16)15(21)20-17-19-12-3-2-4-14(12)23-17/h5-9H,2-4H2,1H3,(H,19,20,21).